The maximum atomic E-state index is 10.4. The van der Waals surface area contributed by atoms with Crippen LogP contribution in [0.3, 0.4) is 0 Å². The highest BCUT2D eigenvalue weighted by Crippen LogP contribution is 2.35. The second-order valence-corrected chi connectivity index (χ2v) is 5.54. The van der Waals surface area contributed by atoms with Crippen LogP contribution in [0.1, 0.15) is 33.0 Å². The molecule has 0 radical (unpaired) electrons. The van der Waals surface area contributed by atoms with Gasteiger partial charge in [-0.1, -0.05) is 6.92 Å². The molecule has 1 aliphatic heterocycles. The third-order valence-corrected chi connectivity index (χ3v) is 4.35. The summed E-state index contributed by atoms with van der Waals surface area (Å²) in [5.41, 5.74) is 0. The smallest absolute Gasteiger partial charge is 0.108 e. The first kappa shape index (κ1) is 13.6. The third-order valence-electron chi connectivity index (χ3n) is 4.35. The summed E-state index contributed by atoms with van der Waals surface area (Å²) in [5.74, 6) is 1.68. The Morgan fingerprint density at radius 1 is 1.39 bits per heavy atom. The molecule has 1 aliphatic rings. The van der Waals surface area contributed by atoms with Crippen molar-refractivity contribution in [3.05, 3.63) is 18.2 Å². The molecule has 0 saturated carbocycles. The Kier molecular flexibility index (Phi) is 4.07. The van der Waals surface area contributed by atoms with Crippen LogP contribution in [0.15, 0.2) is 12.4 Å². The minimum Gasteiger partial charge on any atom is -0.393 e. The van der Waals surface area contributed by atoms with Gasteiger partial charge in [0.05, 0.1) is 18.3 Å². The zero-order valence-corrected chi connectivity index (χ0v) is 11.7. The van der Waals surface area contributed by atoms with Crippen molar-refractivity contribution in [3.63, 3.8) is 0 Å². The number of aliphatic hydroxyl groups excluding tert-OH is 1. The zero-order valence-electron chi connectivity index (χ0n) is 11.7. The molecule has 4 nitrogen and oxygen atoms in total. The maximum absolute atomic E-state index is 10.4. The van der Waals surface area contributed by atoms with E-state index < -0.39 is 0 Å². The Hall–Kier alpha value is -0.870. The summed E-state index contributed by atoms with van der Waals surface area (Å²) in [5, 5.41) is 10.4. The maximum Gasteiger partial charge on any atom is 0.108 e. The number of aliphatic hydroxyl groups is 1. The Morgan fingerprint density at radius 3 is 2.61 bits per heavy atom. The fourth-order valence-electron chi connectivity index (χ4n) is 3.06. The summed E-state index contributed by atoms with van der Waals surface area (Å²) in [6.07, 6.45) is 5.38. The first-order valence-corrected chi connectivity index (χ1v) is 6.80. The van der Waals surface area contributed by atoms with Crippen LogP contribution in [0.5, 0.6) is 0 Å². The summed E-state index contributed by atoms with van der Waals surface area (Å²) in [6, 6.07) is 0. The van der Waals surface area contributed by atoms with E-state index in [-0.39, 0.29) is 24.2 Å². The Morgan fingerprint density at radius 2 is 2.11 bits per heavy atom. The van der Waals surface area contributed by atoms with Crippen LogP contribution in [-0.4, -0.2) is 33.0 Å². The molecule has 2 heterocycles. The molecule has 0 amide bonds. The summed E-state index contributed by atoms with van der Waals surface area (Å²) >= 11 is 0. The van der Waals surface area contributed by atoms with E-state index in [1.807, 2.05) is 17.8 Å². The second kappa shape index (κ2) is 5.41. The first-order chi connectivity index (χ1) is 8.50. The molecule has 1 aromatic rings. The number of aromatic nitrogens is 2. The van der Waals surface area contributed by atoms with Gasteiger partial charge in [0.15, 0.2) is 0 Å². The van der Waals surface area contributed by atoms with Crippen LogP contribution in [0, 0.1) is 11.8 Å². The van der Waals surface area contributed by atoms with Gasteiger partial charge in [0, 0.05) is 31.8 Å². The van der Waals surface area contributed by atoms with Crippen LogP contribution < -0.4 is 0 Å². The molecule has 1 aromatic heterocycles. The molecule has 18 heavy (non-hydrogen) atoms. The number of aryl methyl sites for hydroxylation is 2. The van der Waals surface area contributed by atoms with Gasteiger partial charge in [-0.3, -0.25) is 0 Å². The molecule has 4 heteroatoms. The van der Waals surface area contributed by atoms with E-state index in [9.17, 15) is 5.11 Å². The van der Waals surface area contributed by atoms with Crippen LogP contribution >= 0.6 is 0 Å². The van der Waals surface area contributed by atoms with Gasteiger partial charge >= 0.3 is 0 Å². The number of imidazole rings is 1. The molecule has 1 saturated heterocycles. The van der Waals surface area contributed by atoms with Gasteiger partial charge in [-0.2, -0.15) is 0 Å². The highest BCUT2D eigenvalue weighted by molar-refractivity contribution is 4.94. The standard InChI is InChI=1S/C14H24N2O2/c1-9-10(2)18-11(3)14(9)12(17)5-6-13-15-7-8-16(13)4/h7-12,14,17H,5-6H2,1-4H3. The lowest BCUT2D eigenvalue weighted by molar-refractivity contribution is 0.0210. The van der Waals surface area contributed by atoms with E-state index in [0.29, 0.717) is 5.92 Å². The minimum atomic E-state index is -0.309. The average Bonchev–Trinajstić information content (AvgIpc) is 2.81. The fraction of sp³-hybridized carbons (Fsp3) is 0.786. The molecule has 2 rings (SSSR count). The van der Waals surface area contributed by atoms with E-state index in [0.717, 1.165) is 18.7 Å². The summed E-state index contributed by atoms with van der Waals surface area (Å²) in [7, 11) is 1.99. The zero-order chi connectivity index (χ0) is 13.3. The van der Waals surface area contributed by atoms with Gasteiger partial charge in [0.1, 0.15) is 5.82 Å². The quantitative estimate of drug-likeness (QED) is 0.888. The van der Waals surface area contributed by atoms with Gasteiger partial charge in [0.2, 0.25) is 0 Å². The third kappa shape index (κ3) is 2.59. The van der Waals surface area contributed by atoms with Gasteiger partial charge < -0.3 is 14.4 Å². The van der Waals surface area contributed by atoms with Crippen molar-refractivity contribution in [2.75, 3.05) is 0 Å². The summed E-state index contributed by atoms with van der Waals surface area (Å²) in [6.45, 7) is 6.32. The van der Waals surface area contributed by atoms with Gasteiger partial charge in [-0.05, 0) is 26.2 Å². The molecule has 5 unspecified atom stereocenters. The van der Waals surface area contributed by atoms with Crippen LogP contribution in [0.4, 0.5) is 0 Å². The van der Waals surface area contributed by atoms with E-state index in [1.54, 1.807) is 6.20 Å². The summed E-state index contributed by atoms with van der Waals surface area (Å²) in [4.78, 5) is 4.29. The largest absolute Gasteiger partial charge is 0.393 e. The molecule has 102 valence electrons. The number of hydrogen-bond donors (Lipinski definition) is 1. The van der Waals surface area contributed by atoms with Crippen molar-refractivity contribution in [2.45, 2.75) is 51.9 Å². The highest BCUT2D eigenvalue weighted by Gasteiger charge is 2.40. The van der Waals surface area contributed by atoms with Crippen molar-refractivity contribution in [2.24, 2.45) is 18.9 Å². The topological polar surface area (TPSA) is 47.3 Å². The number of nitrogens with zero attached hydrogens (tertiary/aromatic N) is 2. The number of rotatable bonds is 4. The summed E-state index contributed by atoms with van der Waals surface area (Å²) < 4.78 is 7.79. The molecule has 0 aliphatic carbocycles. The lowest BCUT2D eigenvalue weighted by Crippen LogP contribution is -2.31. The lowest BCUT2D eigenvalue weighted by Gasteiger charge is -2.24. The van der Waals surface area contributed by atoms with Crippen molar-refractivity contribution >= 4 is 0 Å². The monoisotopic (exact) mass is 252 g/mol. The van der Waals surface area contributed by atoms with E-state index >= 15 is 0 Å². The van der Waals surface area contributed by atoms with Crippen LogP contribution in [0.25, 0.3) is 0 Å². The SMILES string of the molecule is CC1OC(C)C(C(O)CCc2nccn2C)C1C. The Balaban J connectivity index is 1.92. The van der Waals surface area contributed by atoms with Crippen LogP contribution in [-0.2, 0) is 18.2 Å². The van der Waals surface area contributed by atoms with Crippen molar-refractivity contribution in [1.29, 1.82) is 0 Å². The predicted molar refractivity (Wildman–Crippen MR) is 70.2 cm³/mol. The molecule has 0 aromatic carbocycles. The minimum absolute atomic E-state index is 0.145. The Labute approximate surface area is 109 Å². The second-order valence-electron chi connectivity index (χ2n) is 5.54. The molecule has 0 spiro atoms. The normalized spacial score (nSPS) is 33.8. The van der Waals surface area contributed by atoms with Gasteiger partial charge in [-0.25, -0.2) is 4.98 Å². The Bertz CT molecular complexity index is 391. The fourth-order valence-corrected chi connectivity index (χ4v) is 3.06. The van der Waals surface area contributed by atoms with Gasteiger partial charge in [0.25, 0.3) is 0 Å². The molecule has 1 fully saturated rings. The molecular formula is C14H24N2O2. The molecular weight excluding hydrogens is 228 g/mol. The van der Waals surface area contributed by atoms with Gasteiger partial charge in [-0.15, -0.1) is 0 Å². The van der Waals surface area contributed by atoms with Crippen molar-refractivity contribution in [1.82, 2.24) is 9.55 Å². The number of ether oxygens (including phenoxy) is 1. The lowest BCUT2D eigenvalue weighted by atomic mass is 9.83. The number of hydrogen-bond acceptors (Lipinski definition) is 3. The molecule has 0 bridgehead atoms. The van der Waals surface area contributed by atoms with E-state index in [4.69, 9.17) is 4.74 Å². The predicted octanol–water partition coefficient (Wildman–Crippen LogP) is 1.77. The first-order valence-electron chi connectivity index (χ1n) is 6.80. The highest BCUT2D eigenvalue weighted by atomic mass is 16.5. The van der Waals surface area contributed by atoms with Crippen molar-refractivity contribution < 1.29 is 9.84 Å². The van der Waals surface area contributed by atoms with Crippen LogP contribution in [0.2, 0.25) is 0 Å². The van der Waals surface area contributed by atoms with E-state index in [2.05, 4.69) is 25.8 Å². The van der Waals surface area contributed by atoms with E-state index in [1.165, 1.54) is 0 Å². The van der Waals surface area contributed by atoms with Crippen molar-refractivity contribution in [3.8, 4) is 0 Å². The molecule has 1 N–H and O–H groups in total. The molecule has 5 atom stereocenters. The average molecular weight is 252 g/mol.